The third-order valence-corrected chi connectivity index (χ3v) is 14.5. The molecule has 0 radical (unpaired) electrons. The van der Waals surface area contributed by atoms with Gasteiger partial charge in [0.1, 0.15) is 0 Å². The van der Waals surface area contributed by atoms with E-state index in [1.165, 1.54) is 98.3 Å². The minimum Gasteiger partial charge on any atom is -0.309 e. The second-order valence-electron chi connectivity index (χ2n) is 16.4. The van der Waals surface area contributed by atoms with Crippen molar-refractivity contribution in [3.8, 4) is 33.4 Å². The summed E-state index contributed by atoms with van der Waals surface area (Å²) in [5.41, 5.74) is 19.9. The molecule has 1 spiro atoms. The lowest BCUT2D eigenvalue weighted by atomic mass is 9.73. The van der Waals surface area contributed by atoms with Crippen molar-refractivity contribution in [1.29, 1.82) is 0 Å². The van der Waals surface area contributed by atoms with Crippen molar-refractivity contribution < 1.29 is 0 Å². The number of fused-ring (bicyclic) bond motifs is 13. The molecule has 1 aromatic heterocycles. The minimum atomic E-state index is -0.157. The van der Waals surface area contributed by atoms with Crippen molar-refractivity contribution in [1.82, 2.24) is 0 Å². The number of hydrogen-bond acceptors (Lipinski definition) is 2. The topological polar surface area (TPSA) is 3.24 Å². The SMILES string of the molecule is CC1(C)c2ccccc2-c2cccc(-c3ccc(N(c4ccc5c(c4)C4(CCc6ccccc64)c4ccccc4-5)c4cccc5c4sc4ccccc45)cc3)c21. The minimum absolute atomic E-state index is 0.0825. The largest absolute Gasteiger partial charge is 0.309 e. The summed E-state index contributed by atoms with van der Waals surface area (Å²) < 4.78 is 2.63. The number of rotatable bonds is 4. The van der Waals surface area contributed by atoms with Crippen LogP contribution in [0.5, 0.6) is 0 Å². The highest BCUT2D eigenvalue weighted by Gasteiger charge is 2.48. The van der Waals surface area contributed by atoms with Gasteiger partial charge in [-0.1, -0.05) is 153 Å². The van der Waals surface area contributed by atoms with Crippen LogP contribution in [0.15, 0.2) is 176 Å². The molecule has 0 N–H and O–H groups in total. The Balaban J connectivity index is 1.06. The Kier molecular flexibility index (Phi) is 6.67. The molecule has 0 amide bonds. The fourth-order valence-corrected chi connectivity index (χ4v) is 12.1. The van der Waals surface area contributed by atoms with Crippen LogP contribution in [0.3, 0.4) is 0 Å². The van der Waals surface area contributed by atoms with Crippen molar-refractivity contribution in [2.45, 2.75) is 37.5 Å². The first-order valence-corrected chi connectivity index (χ1v) is 20.7. The van der Waals surface area contributed by atoms with Gasteiger partial charge in [-0.3, -0.25) is 0 Å². The van der Waals surface area contributed by atoms with Crippen LogP contribution in [0.1, 0.15) is 53.6 Å². The summed E-state index contributed by atoms with van der Waals surface area (Å²) in [5, 5.41) is 2.62. The van der Waals surface area contributed by atoms with E-state index < -0.39 is 0 Å². The average Bonchev–Trinajstić information content (AvgIpc) is 3.97. The fourth-order valence-electron chi connectivity index (χ4n) is 10.9. The highest BCUT2D eigenvalue weighted by atomic mass is 32.1. The summed E-state index contributed by atoms with van der Waals surface area (Å²) >= 11 is 1.90. The first-order chi connectivity index (χ1) is 27.5. The van der Waals surface area contributed by atoms with Gasteiger partial charge in [0.25, 0.3) is 0 Å². The lowest BCUT2D eigenvalue weighted by Gasteiger charge is -2.31. The Hall–Kier alpha value is -6.22. The number of nitrogens with zero attached hydrogens (tertiary/aromatic N) is 1. The van der Waals surface area contributed by atoms with Crippen molar-refractivity contribution in [2.24, 2.45) is 0 Å². The maximum Gasteiger partial charge on any atom is 0.0640 e. The van der Waals surface area contributed by atoms with Gasteiger partial charge in [-0.2, -0.15) is 0 Å². The molecule has 1 heterocycles. The predicted molar refractivity (Wildman–Crippen MR) is 237 cm³/mol. The van der Waals surface area contributed by atoms with Gasteiger partial charge < -0.3 is 4.90 Å². The third kappa shape index (κ3) is 4.25. The Bertz CT molecular complexity index is 3070. The standard InChI is InChI=1S/C54H39NS/c1-53(2)46-21-8-4-15-40(46)43-18-11-17-38(51(43)53)34-25-27-36(28-26-34)55(49-23-12-19-44-42-16-6-10-24-50(42)56-52(44)49)37-29-30-41-39-14-5-9-22-47(39)54(48(41)33-37)32-31-35-13-3-7-20-45(35)54/h3-30,33H,31-32H2,1-2H3. The molecular weight excluding hydrogens is 695 g/mol. The molecule has 0 fully saturated rings. The van der Waals surface area contributed by atoms with Gasteiger partial charge in [0.2, 0.25) is 0 Å². The first-order valence-electron chi connectivity index (χ1n) is 19.9. The van der Waals surface area contributed by atoms with E-state index in [-0.39, 0.29) is 10.8 Å². The Labute approximate surface area is 332 Å². The fraction of sp³-hybridized carbons (Fsp3) is 0.111. The van der Waals surface area contributed by atoms with Gasteiger partial charge >= 0.3 is 0 Å². The number of thiophene rings is 1. The zero-order valence-corrected chi connectivity index (χ0v) is 32.3. The molecule has 266 valence electrons. The van der Waals surface area contributed by atoms with Crippen molar-refractivity contribution >= 4 is 48.6 Å². The summed E-state index contributed by atoms with van der Waals surface area (Å²) in [6.45, 7) is 4.76. The quantitative estimate of drug-likeness (QED) is 0.174. The highest BCUT2D eigenvalue weighted by Crippen LogP contribution is 2.59. The van der Waals surface area contributed by atoms with E-state index >= 15 is 0 Å². The number of hydrogen-bond donors (Lipinski definition) is 0. The molecule has 0 saturated carbocycles. The lowest BCUT2D eigenvalue weighted by Crippen LogP contribution is -2.24. The van der Waals surface area contributed by atoms with Gasteiger partial charge in [-0.25, -0.2) is 0 Å². The van der Waals surface area contributed by atoms with Crippen molar-refractivity contribution in [3.63, 3.8) is 0 Å². The summed E-state index contributed by atoms with van der Waals surface area (Å²) in [5.74, 6) is 0. The van der Waals surface area contributed by atoms with Crippen LogP contribution in [-0.4, -0.2) is 0 Å². The zero-order chi connectivity index (χ0) is 37.2. The monoisotopic (exact) mass is 733 g/mol. The molecule has 8 aromatic carbocycles. The maximum absolute atomic E-state index is 2.53. The number of aryl methyl sites for hydroxylation is 1. The molecule has 1 atom stereocenters. The van der Waals surface area contributed by atoms with Crippen LogP contribution >= 0.6 is 11.3 Å². The molecule has 12 rings (SSSR count). The highest BCUT2D eigenvalue weighted by molar-refractivity contribution is 7.26. The van der Waals surface area contributed by atoms with E-state index in [1.54, 1.807) is 0 Å². The van der Waals surface area contributed by atoms with E-state index in [1.807, 2.05) is 11.3 Å². The van der Waals surface area contributed by atoms with Gasteiger partial charge in [0.05, 0.1) is 10.4 Å². The summed E-state index contributed by atoms with van der Waals surface area (Å²) in [6, 6.07) is 66.5. The van der Waals surface area contributed by atoms with Gasteiger partial charge in [0.15, 0.2) is 0 Å². The Morgan fingerprint density at radius 1 is 0.482 bits per heavy atom. The smallest absolute Gasteiger partial charge is 0.0640 e. The second kappa shape index (κ2) is 11.6. The van der Waals surface area contributed by atoms with Crippen LogP contribution in [0.4, 0.5) is 17.1 Å². The van der Waals surface area contributed by atoms with Crippen molar-refractivity contribution in [3.05, 3.63) is 209 Å². The van der Waals surface area contributed by atoms with E-state index in [0.29, 0.717) is 0 Å². The molecule has 0 aliphatic heterocycles. The van der Waals surface area contributed by atoms with Crippen LogP contribution in [-0.2, 0) is 17.3 Å². The average molecular weight is 734 g/mol. The molecule has 56 heavy (non-hydrogen) atoms. The van der Waals surface area contributed by atoms with Crippen molar-refractivity contribution in [2.75, 3.05) is 4.90 Å². The van der Waals surface area contributed by atoms with Crippen LogP contribution in [0, 0.1) is 0 Å². The lowest BCUT2D eigenvalue weighted by molar-refractivity contribution is 0.626. The van der Waals surface area contributed by atoms with Crippen LogP contribution in [0.25, 0.3) is 53.6 Å². The Morgan fingerprint density at radius 2 is 1.11 bits per heavy atom. The summed E-state index contributed by atoms with van der Waals surface area (Å²) in [4.78, 5) is 2.52. The van der Waals surface area contributed by atoms with Gasteiger partial charge in [0, 0.05) is 37.7 Å². The molecule has 0 saturated heterocycles. The van der Waals surface area contributed by atoms with E-state index in [4.69, 9.17) is 0 Å². The Morgan fingerprint density at radius 3 is 1.96 bits per heavy atom. The summed E-state index contributed by atoms with van der Waals surface area (Å²) in [7, 11) is 0. The maximum atomic E-state index is 2.53. The van der Waals surface area contributed by atoms with Crippen LogP contribution < -0.4 is 4.90 Å². The first kappa shape index (κ1) is 32.1. The molecule has 3 aliphatic carbocycles. The molecule has 9 aromatic rings. The van der Waals surface area contributed by atoms with Gasteiger partial charge in [-0.05, 0) is 116 Å². The molecule has 1 nitrogen and oxygen atoms in total. The summed E-state index contributed by atoms with van der Waals surface area (Å²) in [6.07, 6.45) is 2.17. The normalized spacial score (nSPS) is 16.8. The van der Waals surface area contributed by atoms with Crippen LogP contribution in [0.2, 0.25) is 0 Å². The van der Waals surface area contributed by atoms with E-state index in [2.05, 4.69) is 195 Å². The molecule has 3 aliphatic rings. The van der Waals surface area contributed by atoms with Gasteiger partial charge in [-0.15, -0.1) is 11.3 Å². The molecule has 0 bridgehead atoms. The predicted octanol–water partition coefficient (Wildman–Crippen LogP) is 14.8. The number of benzene rings is 8. The van der Waals surface area contributed by atoms with E-state index in [0.717, 1.165) is 18.5 Å². The second-order valence-corrected chi connectivity index (χ2v) is 17.4. The zero-order valence-electron chi connectivity index (χ0n) is 31.5. The molecule has 1 unspecified atom stereocenters. The molecule has 2 heteroatoms. The third-order valence-electron chi connectivity index (χ3n) is 13.3. The number of anilines is 3. The molecular formula is C54H39NS. The van der Waals surface area contributed by atoms with E-state index in [9.17, 15) is 0 Å².